The molecule has 0 aromatic carbocycles. The lowest BCUT2D eigenvalue weighted by Crippen LogP contribution is -2.20. The molecule has 0 unspecified atom stereocenters. The number of carbonyl (C=O) groups excluding carboxylic acids is 1. The predicted molar refractivity (Wildman–Crippen MR) is 81.0 cm³/mol. The van der Waals surface area contributed by atoms with Gasteiger partial charge in [-0.1, -0.05) is 6.07 Å². The first-order chi connectivity index (χ1) is 9.63. The van der Waals surface area contributed by atoms with Crippen molar-refractivity contribution in [1.29, 1.82) is 0 Å². The molecule has 20 heavy (non-hydrogen) atoms. The summed E-state index contributed by atoms with van der Waals surface area (Å²) >= 11 is 1.67. The maximum absolute atomic E-state index is 11.8. The molecule has 0 fully saturated rings. The minimum Gasteiger partial charge on any atom is -0.462 e. The van der Waals surface area contributed by atoms with Gasteiger partial charge in [-0.3, -0.25) is 0 Å². The third-order valence-electron chi connectivity index (χ3n) is 2.80. The molecule has 0 aliphatic carbocycles. The van der Waals surface area contributed by atoms with Gasteiger partial charge in [0.15, 0.2) is 5.82 Å². The van der Waals surface area contributed by atoms with Gasteiger partial charge in [-0.25, -0.2) is 9.78 Å². The van der Waals surface area contributed by atoms with Crippen molar-refractivity contribution in [2.24, 2.45) is 0 Å². The number of thiophene rings is 1. The summed E-state index contributed by atoms with van der Waals surface area (Å²) in [4.78, 5) is 19.2. The Hall–Kier alpha value is -2.08. The highest BCUT2D eigenvalue weighted by atomic mass is 32.1. The van der Waals surface area contributed by atoms with E-state index in [1.54, 1.807) is 30.5 Å². The van der Waals surface area contributed by atoms with Crippen molar-refractivity contribution in [2.75, 3.05) is 24.3 Å². The molecule has 2 aromatic rings. The molecule has 0 aliphatic heterocycles. The Morgan fingerprint density at radius 3 is 2.95 bits per heavy atom. The second kappa shape index (κ2) is 6.38. The Balaban J connectivity index is 2.23. The summed E-state index contributed by atoms with van der Waals surface area (Å²) in [5.41, 5.74) is 6.75. The molecular formula is C14H17N3O2S. The summed E-state index contributed by atoms with van der Waals surface area (Å²) < 4.78 is 4.99. The average molecular weight is 291 g/mol. The minimum atomic E-state index is -0.418. The third-order valence-corrected chi connectivity index (χ3v) is 3.66. The average Bonchev–Trinajstić information content (AvgIpc) is 2.92. The van der Waals surface area contributed by atoms with E-state index in [0.29, 0.717) is 30.2 Å². The van der Waals surface area contributed by atoms with Crippen molar-refractivity contribution in [3.8, 4) is 0 Å². The van der Waals surface area contributed by atoms with Crippen LogP contribution in [-0.2, 0) is 11.3 Å². The van der Waals surface area contributed by atoms with Gasteiger partial charge in [-0.15, -0.1) is 11.3 Å². The van der Waals surface area contributed by atoms with Crippen LogP contribution in [0.3, 0.4) is 0 Å². The van der Waals surface area contributed by atoms with E-state index in [1.807, 2.05) is 29.5 Å². The molecule has 0 bridgehead atoms. The quantitative estimate of drug-likeness (QED) is 0.857. The van der Waals surface area contributed by atoms with E-state index >= 15 is 0 Å². The number of hydrogen-bond donors (Lipinski definition) is 1. The van der Waals surface area contributed by atoms with Crippen LogP contribution in [-0.4, -0.2) is 24.6 Å². The standard InChI is InChI=1S/C14H17N3O2S/c1-3-19-14(18)11-6-7-16-13(12(11)15)17(2)9-10-5-4-8-20-10/h4-8H,3,9,15H2,1-2H3. The number of carbonyl (C=O) groups is 1. The topological polar surface area (TPSA) is 68.5 Å². The fraction of sp³-hybridized carbons (Fsp3) is 0.286. The van der Waals surface area contributed by atoms with Gasteiger partial charge >= 0.3 is 5.97 Å². The second-order valence-electron chi connectivity index (χ2n) is 4.25. The van der Waals surface area contributed by atoms with Crippen LogP contribution in [0, 0.1) is 0 Å². The number of aromatic nitrogens is 1. The Morgan fingerprint density at radius 1 is 1.50 bits per heavy atom. The molecule has 0 atom stereocenters. The Bertz CT molecular complexity index is 584. The summed E-state index contributed by atoms with van der Waals surface area (Å²) in [5.74, 6) is 0.169. The molecule has 5 nitrogen and oxygen atoms in total. The fourth-order valence-corrected chi connectivity index (χ4v) is 2.62. The monoisotopic (exact) mass is 291 g/mol. The second-order valence-corrected chi connectivity index (χ2v) is 5.28. The lowest BCUT2D eigenvalue weighted by Gasteiger charge is -2.20. The van der Waals surface area contributed by atoms with Gasteiger partial charge in [0.05, 0.1) is 24.4 Å². The number of nitrogens with zero attached hydrogens (tertiary/aromatic N) is 2. The number of esters is 1. The predicted octanol–water partition coefficient (Wildman–Crippen LogP) is 2.54. The lowest BCUT2D eigenvalue weighted by atomic mass is 10.2. The number of nitrogens with two attached hydrogens (primary N) is 1. The number of anilines is 2. The molecule has 2 N–H and O–H groups in total. The van der Waals surface area contributed by atoms with Gasteiger partial charge < -0.3 is 15.4 Å². The first-order valence-electron chi connectivity index (χ1n) is 6.28. The van der Waals surface area contributed by atoms with E-state index in [2.05, 4.69) is 4.98 Å². The van der Waals surface area contributed by atoms with Crippen LogP contribution in [0.25, 0.3) is 0 Å². The van der Waals surface area contributed by atoms with Gasteiger partial charge in [0.25, 0.3) is 0 Å². The zero-order chi connectivity index (χ0) is 14.5. The van der Waals surface area contributed by atoms with E-state index < -0.39 is 5.97 Å². The highest BCUT2D eigenvalue weighted by Crippen LogP contribution is 2.25. The molecule has 0 saturated carbocycles. The van der Waals surface area contributed by atoms with E-state index in [1.165, 1.54) is 4.88 Å². The molecule has 0 spiro atoms. The minimum absolute atomic E-state index is 0.320. The number of ether oxygens (including phenoxy) is 1. The molecule has 2 aromatic heterocycles. The highest BCUT2D eigenvalue weighted by molar-refractivity contribution is 7.09. The molecular weight excluding hydrogens is 274 g/mol. The Morgan fingerprint density at radius 2 is 2.30 bits per heavy atom. The van der Waals surface area contributed by atoms with Crippen molar-refractivity contribution in [3.05, 3.63) is 40.2 Å². The van der Waals surface area contributed by atoms with Crippen LogP contribution in [0.5, 0.6) is 0 Å². The van der Waals surface area contributed by atoms with Gasteiger partial charge in [0.1, 0.15) is 0 Å². The maximum Gasteiger partial charge on any atom is 0.340 e. The molecule has 106 valence electrons. The zero-order valence-electron chi connectivity index (χ0n) is 11.5. The van der Waals surface area contributed by atoms with Crippen molar-refractivity contribution >= 4 is 28.8 Å². The molecule has 6 heteroatoms. The van der Waals surface area contributed by atoms with Crippen molar-refractivity contribution in [1.82, 2.24) is 4.98 Å². The largest absolute Gasteiger partial charge is 0.462 e. The summed E-state index contributed by atoms with van der Waals surface area (Å²) in [6.45, 7) is 2.78. The number of pyridine rings is 1. The Kier molecular flexibility index (Phi) is 4.57. The SMILES string of the molecule is CCOC(=O)c1ccnc(N(C)Cc2cccs2)c1N. The first kappa shape index (κ1) is 14.3. The molecule has 0 aliphatic rings. The first-order valence-corrected chi connectivity index (χ1v) is 7.16. The van der Waals surface area contributed by atoms with Crippen LogP contribution in [0.2, 0.25) is 0 Å². The number of rotatable bonds is 5. The molecule has 0 saturated heterocycles. The zero-order valence-corrected chi connectivity index (χ0v) is 12.3. The normalized spacial score (nSPS) is 10.3. The van der Waals surface area contributed by atoms with Crippen molar-refractivity contribution in [2.45, 2.75) is 13.5 Å². The number of hydrogen-bond acceptors (Lipinski definition) is 6. The highest BCUT2D eigenvalue weighted by Gasteiger charge is 2.17. The van der Waals surface area contributed by atoms with Crippen LogP contribution in [0.15, 0.2) is 29.8 Å². The van der Waals surface area contributed by atoms with Gasteiger partial charge in [0.2, 0.25) is 0 Å². The number of nitrogen functional groups attached to an aromatic ring is 1. The summed E-state index contributed by atoms with van der Waals surface area (Å²) in [5, 5.41) is 2.02. The lowest BCUT2D eigenvalue weighted by molar-refractivity contribution is 0.0527. The summed E-state index contributed by atoms with van der Waals surface area (Å²) in [6, 6.07) is 5.63. The molecule has 0 radical (unpaired) electrons. The Labute approximate surface area is 122 Å². The van der Waals surface area contributed by atoms with Gasteiger partial charge in [0, 0.05) is 18.1 Å². The van der Waals surface area contributed by atoms with E-state index in [-0.39, 0.29) is 0 Å². The van der Waals surface area contributed by atoms with Crippen molar-refractivity contribution in [3.63, 3.8) is 0 Å². The van der Waals surface area contributed by atoms with Crippen molar-refractivity contribution < 1.29 is 9.53 Å². The molecule has 2 heterocycles. The molecule has 2 rings (SSSR count). The summed E-state index contributed by atoms with van der Waals surface area (Å²) in [7, 11) is 1.90. The fourth-order valence-electron chi connectivity index (χ4n) is 1.86. The van der Waals surface area contributed by atoms with Crippen LogP contribution in [0.1, 0.15) is 22.2 Å². The van der Waals surface area contributed by atoms with Gasteiger partial charge in [-0.05, 0) is 24.4 Å². The molecule has 0 amide bonds. The van der Waals surface area contributed by atoms with E-state index in [9.17, 15) is 4.79 Å². The van der Waals surface area contributed by atoms with Crippen LogP contribution < -0.4 is 10.6 Å². The summed E-state index contributed by atoms with van der Waals surface area (Å²) in [6.07, 6.45) is 1.57. The van der Waals surface area contributed by atoms with Gasteiger partial charge in [-0.2, -0.15) is 0 Å². The van der Waals surface area contributed by atoms with Crippen LogP contribution >= 0.6 is 11.3 Å². The van der Waals surface area contributed by atoms with Crippen LogP contribution in [0.4, 0.5) is 11.5 Å². The van der Waals surface area contributed by atoms with E-state index in [0.717, 1.165) is 0 Å². The third kappa shape index (κ3) is 3.08. The smallest absolute Gasteiger partial charge is 0.340 e. The van der Waals surface area contributed by atoms with E-state index in [4.69, 9.17) is 10.5 Å². The maximum atomic E-state index is 11.8.